The van der Waals surface area contributed by atoms with Gasteiger partial charge in [-0.05, 0) is 68.2 Å². The van der Waals surface area contributed by atoms with Crippen molar-refractivity contribution < 1.29 is 19.1 Å². The molecule has 2 aliphatic rings. The molecule has 39 heavy (non-hydrogen) atoms. The molecule has 6 rings (SSSR count). The maximum absolute atomic E-state index is 13.7. The predicted molar refractivity (Wildman–Crippen MR) is 145 cm³/mol. The Hall–Kier alpha value is -4.07. The lowest BCUT2D eigenvalue weighted by atomic mass is 9.89. The number of carbonyl (C=O) groups is 1. The molecule has 4 aromatic rings. The van der Waals surface area contributed by atoms with Crippen LogP contribution in [0.1, 0.15) is 53.2 Å². The van der Waals surface area contributed by atoms with Crippen LogP contribution in [0.2, 0.25) is 0 Å². The van der Waals surface area contributed by atoms with E-state index in [1.54, 1.807) is 6.20 Å². The first-order valence-corrected chi connectivity index (χ1v) is 13.4. The molecule has 0 saturated carbocycles. The molecule has 2 aliphatic heterocycles. The van der Waals surface area contributed by atoms with Gasteiger partial charge in [0.15, 0.2) is 0 Å². The first-order valence-electron chi connectivity index (χ1n) is 13.4. The molecule has 4 heterocycles. The van der Waals surface area contributed by atoms with E-state index in [1.165, 1.54) is 5.56 Å². The summed E-state index contributed by atoms with van der Waals surface area (Å²) in [6, 6.07) is 14.7. The van der Waals surface area contributed by atoms with Gasteiger partial charge in [-0.15, -0.1) is 0 Å². The fourth-order valence-corrected chi connectivity index (χ4v) is 5.89. The van der Waals surface area contributed by atoms with Crippen LogP contribution in [0.15, 0.2) is 53.5 Å². The van der Waals surface area contributed by atoms with Gasteiger partial charge in [-0.3, -0.25) is 14.3 Å². The number of nitrogens with zero attached hydrogens (tertiary/aromatic N) is 3. The number of hydrogen-bond donors (Lipinski definition) is 1. The molecular weight excluding hydrogens is 496 g/mol. The number of hydrogen-bond acceptors (Lipinski definition) is 6. The summed E-state index contributed by atoms with van der Waals surface area (Å²) in [7, 11) is 0. The number of aromatic amines is 1. The van der Waals surface area contributed by atoms with Crippen LogP contribution < -0.4 is 5.56 Å². The molecule has 2 fully saturated rings. The highest BCUT2D eigenvalue weighted by atomic mass is 16.5. The van der Waals surface area contributed by atoms with Crippen LogP contribution in [-0.2, 0) is 20.7 Å². The van der Waals surface area contributed by atoms with Crippen molar-refractivity contribution >= 4 is 33.9 Å². The van der Waals surface area contributed by atoms with Gasteiger partial charge < -0.3 is 14.6 Å². The number of carbonyl (C=O) groups excluding carboxylic acids is 3. The van der Waals surface area contributed by atoms with Crippen LogP contribution in [0.25, 0.3) is 21.8 Å². The molecule has 202 valence electrons. The number of fused-ring (bicyclic) bond motifs is 3. The molecule has 1 amide bonds. The summed E-state index contributed by atoms with van der Waals surface area (Å²) in [6.07, 6.45) is 6.73. The minimum Gasteiger partial charge on any atom is -0.381 e. The van der Waals surface area contributed by atoms with Crippen molar-refractivity contribution in [1.29, 1.82) is 0 Å². The van der Waals surface area contributed by atoms with E-state index in [0.29, 0.717) is 30.1 Å². The van der Waals surface area contributed by atoms with E-state index in [-0.39, 0.29) is 23.7 Å². The number of amides is 1. The van der Waals surface area contributed by atoms with Gasteiger partial charge in [-0.1, -0.05) is 30.3 Å². The molecule has 2 aromatic heterocycles. The molecule has 2 aromatic carbocycles. The molecular formula is C30H32N4O5. The van der Waals surface area contributed by atoms with Gasteiger partial charge in [-0.2, -0.15) is 14.7 Å². The summed E-state index contributed by atoms with van der Waals surface area (Å²) < 4.78 is 7.52. The van der Waals surface area contributed by atoms with Gasteiger partial charge in [0, 0.05) is 37.3 Å². The maximum Gasteiger partial charge on any atom is 0.373 e. The number of aryl methyl sites for hydroxylation is 1. The van der Waals surface area contributed by atoms with Crippen LogP contribution in [0.4, 0.5) is 0 Å². The molecule has 2 saturated heterocycles. The van der Waals surface area contributed by atoms with Gasteiger partial charge >= 0.3 is 6.15 Å². The van der Waals surface area contributed by atoms with E-state index in [0.717, 1.165) is 67.2 Å². The second-order valence-electron chi connectivity index (χ2n) is 10.4. The lowest BCUT2D eigenvalue weighted by Gasteiger charge is -2.32. The van der Waals surface area contributed by atoms with E-state index in [9.17, 15) is 9.59 Å². The Morgan fingerprint density at radius 1 is 1.05 bits per heavy atom. The molecule has 9 nitrogen and oxygen atoms in total. The first-order chi connectivity index (χ1) is 19.0. The van der Waals surface area contributed by atoms with Crippen LogP contribution in [-0.4, -0.2) is 58.0 Å². The number of pyridine rings is 1. The second kappa shape index (κ2) is 11.8. The molecule has 0 aliphatic carbocycles. The molecule has 0 atom stereocenters. The number of nitrogens with one attached hydrogen (secondary N) is 1. The Morgan fingerprint density at radius 2 is 1.74 bits per heavy atom. The minimum atomic E-state index is -0.144. The smallest absolute Gasteiger partial charge is 0.373 e. The second-order valence-corrected chi connectivity index (χ2v) is 10.4. The van der Waals surface area contributed by atoms with Crippen molar-refractivity contribution in [3.63, 3.8) is 0 Å². The molecule has 0 unspecified atom stereocenters. The first kappa shape index (κ1) is 26.5. The van der Waals surface area contributed by atoms with Crippen molar-refractivity contribution in [3.8, 4) is 0 Å². The normalized spacial score (nSPS) is 16.6. The van der Waals surface area contributed by atoms with Gasteiger partial charge in [0.1, 0.15) is 0 Å². The minimum absolute atomic E-state index is 0.0732. The van der Waals surface area contributed by atoms with Crippen LogP contribution in [0.3, 0.4) is 0 Å². The van der Waals surface area contributed by atoms with Gasteiger partial charge in [0.25, 0.3) is 11.5 Å². The van der Waals surface area contributed by atoms with Crippen LogP contribution >= 0.6 is 0 Å². The summed E-state index contributed by atoms with van der Waals surface area (Å²) in [5, 5.41) is 6.05. The third kappa shape index (κ3) is 5.55. The molecule has 9 heteroatoms. The third-order valence-electron chi connectivity index (χ3n) is 7.94. The fraction of sp³-hybridized carbons (Fsp3) is 0.400. The van der Waals surface area contributed by atoms with Crippen LogP contribution in [0, 0.1) is 12.8 Å². The van der Waals surface area contributed by atoms with E-state index < -0.39 is 0 Å². The Balaban J connectivity index is 0.000000983. The Kier molecular flexibility index (Phi) is 8.00. The van der Waals surface area contributed by atoms with E-state index in [2.05, 4.69) is 40.4 Å². The monoisotopic (exact) mass is 528 g/mol. The van der Waals surface area contributed by atoms with Gasteiger partial charge in [0.2, 0.25) is 0 Å². The summed E-state index contributed by atoms with van der Waals surface area (Å²) in [5.41, 5.74) is 4.37. The highest BCUT2D eigenvalue weighted by molar-refractivity contribution is 6.07. The van der Waals surface area contributed by atoms with Crippen molar-refractivity contribution in [2.75, 3.05) is 26.3 Å². The molecule has 1 N–H and O–H groups in total. The highest BCUT2D eigenvalue weighted by Gasteiger charge is 2.26. The fourth-order valence-electron chi connectivity index (χ4n) is 5.89. The lowest BCUT2D eigenvalue weighted by Crippen LogP contribution is -2.39. The van der Waals surface area contributed by atoms with E-state index in [4.69, 9.17) is 14.3 Å². The summed E-state index contributed by atoms with van der Waals surface area (Å²) in [4.78, 5) is 47.7. The van der Waals surface area contributed by atoms with Gasteiger partial charge in [-0.25, -0.2) is 0 Å². The van der Waals surface area contributed by atoms with Crippen molar-refractivity contribution in [2.45, 2.75) is 45.1 Å². The van der Waals surface area contributed by atoms with Crippen LogP contribution in [0.5, 0.6) is 0 Å². The zero-order valence-corrected chi connectivity index (χ0v) is 22.0. The van der Waals surface area contributed by atoms with Gasteiger partial charge in [0.05, 0.1) is 28.7 Å². The third-order valence-corrected chi connectivity index (χ3v) is 7.94. The quantitative estimate of drug-likeness (QED) is 0.428. The van der Waals surface area contributed by atoms with Crippen molar-refractivity contribution in [1.82, 2.24) is 19.7 Å². The summed E-state index contributed by atoms with van der Waals surface area (Å²) >= 11 is 0. The Morgan fingerprint density at radius 3 is 2.44 bits per heavy atom. The Labute approximate surface area is 225 Å². The lowest BCUT2D eigenvalue weighted by molar-refractivity contribution is -0.191. The highest BCUT2D eigenvalue weighted by Crippen LogP contribution is 2.31. The van der Waals surface area contributed by atoms with Crippen molar-refractivity contribution in [3.05, 3.63) is 75.7 Å². The number of aromatic nitrogens is 3. The van der Waals surface area contributed by atoms with E-state index in [1.807, 2.05) is 28.6 Å². The predicted octanol–water partition coefficient (Wildman–Crippen LogP) is 4.05. The van der Waals surface area contributed by atoms with Crippen molar-refractivity contribution in [2.24, 2.45) is 5.92 Å². The average molecular weight is 529 g/mol. The largest absolute Gasteiger partial charge is 0.381 e. The standard InChI is InChI=1S/C29H32N4O3.CO2/c1-19-15-26-24(27-25(28(34)31-26)18-30-33(27)22-9-13-36-14-10-22)17-23(19)29(35)32-11-7-21(8-12-32)16-20-5-3-2-4-6-20;2-1-3/h2-6,15,17-18,21-22H,7-14,16H2,1H3,(H,31,34);. The zero-order valence-electron chi connectivity index (χ0n) is 22.0. The number of likely N-dealkylation sites (tertiary alicyclic amines) is 1. The number of ether oxygens (including phenoxy) is 1. The molecule has 0 spiro atoms. The summed E-state index contributed by atoms with van der Waals surface area (Å²) in [5.74, 6) is 0.678. The van der Waals surface area contributed by atoms with E-state index >= 15 is 0 Å². The maximum atomic E-state index is 13.7. The number of piperidine rings is 1. The molecule has 0 bridgehead atoms. The Bertz CT molecular complexity index is 1560. The zero-order chi connectivity index (χ0) is 27.4. The number of rotatable bonds is 4. The average Bonchev–Trinajstić information content (AvgIpc) is 3.41. The SMILES string of the molecule is Cc1cc2[nH]c(=O)c3cnn(C4CCOCC4)c3c2cc1C(=O)N1CCC(Cc2ccccc2)CC1.O=C=O. The number of benzene rings is 2. The summed E-state index contributed by atoms with van der Waals surface area (Å²) in [6.45, 7) is 4.88. The topological polar surface area (TPSA) is 114 Å². The molecule has 0 radical (unpaired) electrons. The number of H-pyrrole nitrogens is 1.